The van der Waals surface area contributed by atoms with Crippen LogP contribution < -0.4 is 10.1 Å². The average molecular weight is 299 g/mol. The number of nitrogens with one attached hydrogen (secondary N) is 1. The second kappa shape index (κ2) is 5.38. The van der Waals surface area contributed by atoms with Gasteiger partial charge in [0.2, 0.25) is 0 Å². The Morgan fingerprint density at radius 3 is 2.90 bits per heavy atom. The quantitative estimate of drug-likeness (QED) is 0.792. The molecule has 0 amide bonds. The van der Waals surface area contributed by atoms with Crippen LogP contribution in [0.15, 0.2) is 36.4 Å². The van der Waals surface area contributed by atoms with Crippen molar-refractivity contribution in [2.24, 2.45) is 0 Å². The first-order valence-corrected chi connectivity index (χ1v) is 6.92. The molecule has 0 atom stereocenters. The van der Waals surface area contributed by atoms with Gasteiger partial charge in [-0.15, -0.1) is 0 Å². The second-order valence-corrected chi connectivity index (χ2v) is 5.31. The minimum atomic E-state index is -0.310. The van der Waals surface area contributed by atoms with Crippen LogP contribution in [0.4, 0.5) is 15.2 Å². The molecule has 0 unspecified atom stereocenters. The molecule has 2 aromatic carbocycles. The zero-order valence-electron chi connectivity index (χ0n) is 11.1. The van der Waals surface area contributed by atoms with E-state index < -0.39 is 0 Å². The van der Waals surface area contributed by atoms with Gasteiger partial charge in [-0.3, -0.25) is 0 Å². The molecule has 4 nitrogen and oxygen atoms in total. The molecular weight excluding hydrogens is 289 g/mol. The number of halogens is 1. The third kappa shape index (κ3) is 2.64. The summed E-state index contributed by atoms with van der Waals surface area (Å²) in [4.78, 5) is 4.33. The third-order valence-corrected chi connectivity index (χ3v) is 3.87. The van der Waals surface area contributed by atoms with Crippen LogP contribution in [0.5, 0.6) is 5.75 Å². The first-order chi connectivity index (χ1) is 10.2. The summed E-state index contributed by atoms with van der Waals surface area (Å²) in [6.07, 6.45) is 0. The molecule has 0 radical (unpaired) electrons. The number of hydrogen-bond donors (Lipinski definition) is 1. The van der Waals surface area contributed by atoms with Gasteiger partial charge in [-0.1, -0.05) is 11.3 Å². The van der Waals surface area contributed by atoms with Gasteiger partial charge in [-0.05, 0) is 24.3 Å². The smallest absolute Gasteiger partial charge is 0.188 e. The van der Waals surface area contributed by atoms with E-state index in [4.69, 9.17) is 10.00 Å². The average Bonchev–Trinajstić information content (AvgIpc) is 2.89. The highest BCUT2D eigenvalue weighted by atomic mass is 32.1. The molecule has 1 heterocycles. The van der Waals surface area contributed by atoms with Crippen LogP contribution in [0.25, 0.3) is 10.2 Å². The molecule has 0 spiro atoms. The van der Waals surface area contributed by atoms with Crippen LogP contribution in [0.2, 0.25) is 0 Å². The molecule has 0 aliphatic rings. The Kier molecular flexibility index (Phi) is 3.42. The van der Waals surface area contributed by atoms with E-state index in [9.17, 15) is 4.39 Å². The van der Waals surface area contributed by atoms with Crippen molar-refractivity contribution in [2.45, 2.75) is 0 Å². The molecule has 0 saturated carbocycles. The highest BCUT2D eigenvalue weighted by Crippen LogP contribution is 2.32. The van der Waals surface area contributed by atoms with Gasteiger partial charge in [-0.2, -0.15) is 5.26 Å². The zero-order valence-corrected chi connectivity index (χ0v) is 11.9. The number of hydrogen-bond acceptors (Lipinski definition) is 5. The summed E-state index contributed by atoms with van der Waals surface area (Å²) in [6.45, 7) is 0. The first kappa shape index (κ1) is 13.3. The van der Waals surface area contributed by atoms with Crippen molar-refractivity contribution in [1.82, 2.24) is 4.98 Å². The predicted molar refractivity (Wildman–Crippen MR) is 80.6 cm³/mol. The van der Waals surface area contributed by atoms with Crippen LogP contribution in [0.3, 0.4) is 0 Å². The Morgan fingerprint density at radius 2 is 2.14 bits per heavy atom. The largest absolute Gasteiger partial charge is 0.495 e. The Bertz CT molecular complexity index is 854. The van der Waals surface area contributed by atoms with Gasteiger partial charge in [0, 0.05) is 12.1 Å². The van der Waals surface area contributed by atoms with Gasteiger partial charge in [-0.25, -0.2) is 9.37 Å². The maximum absolute atomic E-state index is 13.2. The highest BCUT2D eigenvalue weighted by molar-refractivity contribution is 7.22. The van der Waals surface area contributed by atoms with Gasteiger partial charge in [0.05, 0.1) is 34.6 Å². The van der Waals surface area contributed by atoms with E-state index in [-0.39, 0.29) is 5.82 Å². The van der Waals surface area contributed by atoms with Gasteiger partial charge in [0.15, 0.2) is 5.13 Å². The third-order valence-electron chi connectivity index (χ3n) is 2.92. The SMILES string of the molecule is COc1cc(C#N)ccc1Nc1nc2cc(F)ccc2s1. The lowest BCUT2D eigenvalue weighted by Crippen LogP contribution is -1.94. The van der Waals surface area contributed by atoms with Gasteiger partial charge < -0.3 is 10.1 Å². The Hall–Kier alpha value is -2.65. The summed E-state index contributed by atoms with van der Waals surface area (Å²) in [5.41, 5.74) is 1.83. The molecule has 0 aliphatic carbocycles. The summed E-state index contributed by atoms with van der Waals surface area (Å²) in [5, 5.41) is 12.7. The number of thiazole rings is 1. The fourth-order valence-corrected chi connectivity index (χ4v) is 2.79. The number of nitrogens with zero attached hydrogens (tertiary/aromatic N) is 2. The van der Waals surface area contributed by atoms with Crippen molar-refractivity contribution < 1.29 is 9.13 Å². The van der Waals surface area contributed by atoms with E-state index in [1.54, 1.807) is 24.3 Å². The number of benzene rings is 2. The number of anilines is 2. The van der Waals surface area contributed by atoms with Gasteiger partial charge in [0.1, 0.15) is 11.6 Å². The zero-order chi connectivity index (χ0) is 14.8. The Balaban J connectivity index is 1.96. The van der Waals surface area contributed by atoms with Crippen LogP contribution in [-0.2, 0) is 0 Å². The normalized spacial score (nSPS) is 10.3. The number of fused-ring (bicyclic) bond motifs is 1. The topological polar surface area (TPSA) is 57.9 Å². The van der Waals surface area contributed by atoms with Crippen LogP contribution in [0, 0.1) is 17.1 Å². The number of methoxy groups -OCH3 is 1. The minimum absolute atomic E-state index is 0.310. The van der Waals surface area contributed by atoms with E-state index >= 15 is 0 Å². The predicted octanol–water partition coefficient (Wildman–Crippen LogP) is 4.06. The van der Waals surface area contributed by atoms with E-state index in [1.807, 2.05) is 0 Å². The molecule has 1 aromatic heterocycles. The molecule has 0 bridgehead atoms. The molecule has 21 heavy (non-hydrogen) atoms. The fourth-order valence-electron chi connectivity index (χ4n) is 1.93. The molecule has 3 aromatic rings. The summed E-state index contributed by atoms with van der Waals surface area (Å²) in [6, 6.07) is 11.7. The second-order valence-electron chi connectivity index (χ2n) is 4.28. The van der Waals surface area contributed by atoms with Crippen LogP contribution in [-0.4, -0.2) is 12.1 Å². The first-order valence-electron chi connectivity index (χ1n) is 6.11. The van der Waals surface area contributed by atoms with Gasteiger partial charge >= 0.3 is 0 Å². The molecule has 1 N–H and O–H groups in total. The Labute approximate surface area is 124 Å². The molecule has 0 saturated heterocycles. The lowest BCUT2D eigenvalue weighted by atomic mass is 10.2. The summed E-state index contributed by atoms with van der Waals surface area (Å²) < 4.78 is 19.3. The van der Waals surface area contributed by atoms with Crippen molar-refractivity contribution in [2.75, 3.05) is 12.4 Å². The van der Waals surface area contributed by atoms with Crippen molar-refractivity contribution in [3.63, 3.8) is 0 Å². The van der Waals surface area contributed by atoms with E-state index in [1.165, 1.54) is 30.6 Å². The molecule has 0 fully saturated rings. The van der Waals surface area contributed by atoms with Crippen molar-refractivity contribution in [1.29, 1.82) is 5.26 Å². The lowest BCUT2D eigenvalue weighted by molar-refractivity contribution is 0.416. The number of rotatable bonds is 3. The molecule has 0 aliphatic heterocycles. The lowest BCUT2D eigenvalue weighted by Gasteiger charge is -2.08. The minimum Gasteiger partial charge on any atom is -0.495 e. The fraction of sp³-hybridized carbons (Fsp3) is 0.0667. The number of ether oxygens (including phenoxy) is 1. The summed E-state index contributed by atoms with van der Waals surface area (Å²) in [5.74, 6) is 0.245. The van der Waals surface area contributed by atoms with E-state index in [0.29, 0.717) is 27.6 Å². The maximum Gasteiger partial charge on any atom is 0.188 e. The highest BCUT2D eigenvalue weighted by Gasteiger charge is 2.09. The van der Waals surface area contributed by atoms with Crippen LogP contribution >= 0.6 is 11.3 Å². The van der Waals surface area contributed by atoms with E-state index in [0.717, 1.165) is 4.70 Å². The van der Waals surface area contributed by atoms with Crippen molar-refractivity contribution in [3.05, 3.63) is 47.8 Å². The molecular formula is C15H10FN3OS. The Morgan fingerprint density at radius 1 is 1.29 bits per heavy atom. The molecule has 104 valence electrons. The summed E-state index contributed by atoms with van der Waals surface area (Å²) in [7, 11) is 1.54. The van der Waals surface area contributed by atoms with E-state index in [2.05, 4.69) is 16.4 Å². The summed E-state index contributed by atoms with van der Waals surface area (Å²) >= 11 is 1.42. The van der Waals surface area contributed by atoms with Crippen molar-refractivity contribution in [3.8, 4) is 11.8 Å². The van der Waals surface area contributed by atoms with Crippen LogP contribution in [0.1, 0.15) is 5.56 Å². The molecule has 3 rings (SSSR count). The number of nitriles is 1. The van der Waals surface area contributed by atoms with Crippen molar-refractivity contribution >= 4 is 32.4 Å². The number of aromatic nitrogens is 1. The standard InChI is InChI=1S/C15H10FN3OS/c1-20-13-6-9(8-17)2-4-11(13)18-15-19-12-7-10(16)3-5-14(12)21-15/h2-7H,1H3,(H,18,19). The molecule has 6 heteroatoms. The monoisotopic (exact) mass is 299 g/mol. The maximum atomic E-state index is 13.2. The van der Waals surface area contributed by atoms with Gasteiger partial charge in [0.25, 0.3) is 0 Å².